The topological polar surface area (TPSA) is 78.1 Å². The van der Waals surface area contributed by atoms with Gasteiger partial charge in [0.15, 0.2) is 4.80 Å². The molecule has 1 amide bonds. The molecule has 0 spiro atoms. The average molecular weight is 599 g/mol. The van der Waals surface area contributed by atoms with Crippen molar-refractivity contribution in [2.24, 2.45) is 4.99 Å². The lowest BCUT2D eigenvalue weighted by Gasteiger charge is -2.30. The molecule has 1 aliphatic rings. The highest BCUT2D eigenvalue weighted by Gasteiger charge is 2.36. The first-order valence-corrected chi connectivity index (χ1v) is 15.2. The third-order valence-electron chi connectivity index (χ3n) is 8.08. The van der Waals surface area contributed by atoms with Crippen molar-refractivity contribution in [1.29, 1.82) is 0 Å². The molecule has 0 N–H and O–H groups in total. The summed E-state index contributed by atoms with van der Waals surface area (Å²) in [5.74, 6) is 1.00. The van der Waals surface area contributed by atoms with E-state index in [9.17, 15) is 9.59 Å². The van der Waals surface area contributed by atoms with Crippen LogP contribution in [0.4, 0.5) is 0 Å². The molecule has 5 rings (SSSR count). The van der Waals surface area contributed by atoms with Crippen LogP contribution in [0.2, 0.25) is 0 Å². The Hall–Kier alpha value is -4.37. The third-order valence-corrected chi connectivity index (χ3v) is 9.07. The summed E-state index contributed by atoms with van der Waals surface area (Å²) in [4.78, 5) is 35.4. The molecule has 4 aromatic rings. The first-order chi connectivity index (χ1) is 20.6. The predicted octanol–water partition coefficient (Wildman–Crippen LogP) is 4.84. The number of carbonyl (C=O) groups is 1. The fraction of sp³-hybridized carbons (Fsp3) is 0.324. The minimum atomic E-state index is -0.739. The number of ether oxygens (including phenoxy) is 2. The van der Waals surface area contributed by atoms with Gasteiger partial charge >= 0.3 is 0 Å². The van der Waals surface area contributed by atoms with Crippen LogP contribution in [-0.4, -0.2) is 47.3 Å². The Morgan fingerprint density at radius 3 is 2.33 bits per heavy atom. The molecule has 0 radical (unpaired) electrons. The summed E-state index contributed by atoms with van der Waals surface area (Å²) < 4.78 is 15.7. The quantitative estimate of drug-likeness (QED) is 0.291. The van der Waals surface area contributed by atoms with Crippen LogP contribution in [0.15, 0.2) is 69.6 Å². The smallest absolute Gasteiger partial charge is 0.271 e. The summed E-state index contributed by atoms with van der Waals surface area (Å²) >= 11 is 1.33. The summed E-state index contributed by atoms with van der Waals surface area (Å²) in [6, 6.07) is 15.2. The average Bonchev–Trinajstić information content (AvgIpc) is 3.46. The fourth-order valence-electron chi connectivity index (χ4n) is 5.79. The number of fused-ring (bicyclic) bond motifs is 1. The highest BCUT2D eigenvalue weighted by Crippen LogP contribution is 2.38. The van der Waals surface area contributed by atoms with Crippen molar-refractivity contribution in [2.45, 2.75) is 47.6 Å². The van der Waals surface area contributed by atoms with Crippen molar-refractivity contribution in [3.8, 4) is 17.2 Å². The normalized spacial score (nSPS) is 14.9. The number of likely N-dealkylation sites (N-methyl/N-ethyl adjacent to an activating group) is 1. The van der Waals surface area contributed by atoms with Gasteiger partial charge in [0.25, 0.3) is 11.5 Å². The number of aryl methyl sites for hydroxylation is 2. The SMILES string of the molecule is CCN(CC)C(=O)C1=C(C)N=c2s/c(=C/c3cc(C)n(-c4ccc(C)cc4)c3C)c(=O)n2[C@@H]1c1cc(OC)ccc1OC. The van der Waals surface area contributed by atoms with Crippen molar-refractivity contribution < 1.29 is 14.3 Å². The second-order valence-electron chi connectivity index (χ2n) is 10.7. The second kappa shape index (κ2) is 12.1. The van der Waals surface area contributed by atoms with Gasteiger partial charge in [0.1, 0.15) is 17.5 Å². The Labute approximate surface area is 255 Å². The van der Waals surface area contributed by atoms with Crippen LogP contribution >= 0.6 is 11.3 Å². The maximum Gasteiger partial charge on any atom is 0.271 e. The number of rotatable bonds is 8. The Balaban J connectivity index is 1.74. The van der Waals surface area contributed by atoms with E-state index in [1.807, 2.05) is 32.9 Å². The van der Waals surface area contributed by atoms with E-state index in [0.29, 0.717) is 50.8 Å². The van der Waals surface area contributed by atoms with E-state index in [0.717, 1.165) is 22.6 Å². The van der Waals surface area contributed by atoms with E-state index in [-0.39, 0.29) is 11.5 Å². The van der Waals surface area contributed by atoms with Crippen LogP contribution in [0.1, 0.15) is 54.9 Å². The molecular formula is C34H38N4O4S. The van der Waals surface area contributed by atoms with Crippen LogP contribution in [-0.2, 0) is 4.79 Å². The van der Waals surface area contributed by atoms with Gasteiger partial charge in [-0.15, -0.1) is 0 Å². The lowest BCUT2D eigenvalue weighted by molar-refractivity contribution is -0.127. The molecule has 0 unspecified atom stereocenters. The monoisotopic (exact) mass is 598 g/mol. The number of carbonyl (C=O) groups excluding carboxylic acids is 1. The van der Waals surface area contributed by atoms with Crippen LogP contribution in [0.5, 0.6) is 11.5 Å². The molecule has 0 saturated heterocycles. The van der Waals surface area contributed by atoms with Gasteiger partial charge in [-0.1, -0.05) is 29.0 Å². The molecule has 1 atom stereocenters. The summed E-state index contributed by atoms with van der Waals surface area (Å²) in [5, 5.41) is 0. The summed E-state index contributed by atoms with van der Waals surface area (Å²) in [6.45, 7) is 13.0. The van der Waals surface area contributed by atoms with Crippen LogP contribution < -0.4 is 24.4 Å². The minimum absolute atomic E-state index is 0.156. The molecule has 0 aliphatic carbocycles. The Morgan fingerprint density at radius 2 is 1.70 bits per heavy atom. The molecule has 8 nitrogen and oxygen atoms in total. The molecule has 0 bridgehead atoms. The molecule has 2 aromatic heterocycles. The zero-order chi connectivity index (χ0) is 31.0. The molecule has 43 heavy (non-hydrogen) atoms. The molecule has 2 aromatic carbocycles. The van der Waals surface area contributed by atoms with Crippen LogP contribution in [0, 0.1) is 20.8 Å². The summed E-state index contributed by atoms with van der Waals surface area (Å²) in [7, 11) is 3.18. The number of hydrogen-bond donors (Lipinski definition) is 0. The van der Waals surface area contributed by atoms with E-state index in [4.69, 9.17) is 14.5 Å². The van der Waals surface area contributed by atoms with Gasteiger partial charge in [-0.05, 0) is 89.6 Å². The lowest BCUT2D eigenvalue weighted by Crippen LogP contribution is -2.43. The number of methoxy groups -OCH3 is 2. The number of thiazole rings is 1. The molecule has 0 fully saturated rings. The number of hydrogen-bond acceptors (Lipinski definition) is 6. The molecule has 3 heterocycles. The fourth-order valence-corrected chi connectivity index (χ4v) is 6.83. The number of nitrogens with zero attached hydrogens (tertiary/aromatic N) is 4. The maximum atomic E-state index is 14.3. The molecule has 0 saturated carbocycles. The van der Waals surface area contributed by atoms with E-state index in [1.54, 1.807) is 35.8 Å². The van der Waals surface area contributed by atoms with Gasteiger partial charge in [0.2, 0.25) is 0 Å². The van der Waals surface area contributed by atoms with Crippen LogP contribution in [0.3, 0.4) is 0 Å². The first-order valence-electron chi connectivity index (χ1n) is 14.4. The minimum Gasteiger partial charge on any atom is -0.497 e. The van der Waals surface area contributed by atoms with Gasteiger partial charge in [0.05, 0.1) is 30.0 Å². The number of amides is 1. The zero-order valence-corrected chi connectivity index (χ0v) is 26.8. The van der Waals surface area contributed by atoms with Gasteiger partial charge in [0, 0.05) is 35.7 Å². The molecular weight excluding hydrogens is 560 g/mol. The Bertz CT molecular complexity index is 1910. The Kier molecular flexibility index (Phi) is 8.46. The standard InChI is InChI=1S/C34H38N4O4S/c1-9-36(10-2)33(40)30-22(5)35-34-38(31(30)27-19-26(41-7)15-16-28(27)42-8)32(39)29(43-34)18-24-17-21(4)37(23(24)6)25-13-11-20(3)12-14-25/h11-19,31H,9-10H2,1-8H3/b29-18+/t31-/m1/s1. The highest BCUT2D eigenvalue weighted by molar-refractivity contribution is 7.07. The van der Waals surface area contributed by atoms with Crippen molar-refractivity contribution in [1.82, 2.24) is 14.0 Å². The van der Waals surface area contributed by atoms with E-state index < -0.39 is 6.04 Å². The highest BCUT2D eigenvalue weighted by atomic mass is 32.1. The lowest BCUT2D eigenvalue weighted by atomic mass is 9.93. The largest absolute Gasteiger partial charge is 0.497 e. The maximum absolute atomic E-state index is 14.3. The van der Waals surface area contributed by atoms with Gasteiger partial charge < -0.3 is 18.9 Å². The van der Waals surface area contributed by atoms with Crippen molar-refractivity contribution >= 4 is 23.3 Å². The van der Waals surface area contributed by atoms with Gasteiger partial charge in [-0.3, -0.25) is 14.2 Å². The summed E-state index contributed by atoms with van der Waals surface area (Å²) in [5.41, 5.74) is 6.81. The van der Waals surface area contributed by atoms with Crippen molar-refractivity contribution in [2.75, 3.05) is 27.3 Å². The van der Waals surface area contributed by atoms with Crippen LogP contribution in [0.25, 0.3) is 11.8 Å². The molecule has 224 valence electrons. The van der Waals surface area contributed by atoms with E-state index in [1.165, 1.54) is 16.9 Å². The van der Waals surface area contributed by atoms with Crippen molar-refractivity contribution in [3.63, 3.8) is 0 Å². The third kappa shape index (κ3) is 5.33. The number of allylic oxidation sites excluding steroid dienone is 1. The first kappa shape index (κ1) is 30.1. The van der Waals surface area contributed by atoms with E-state index in [2.05, 4.69) is 55.7 Å². The Morgan fingerprint density at radius 1 is 1.00 bits per heavy atom. The van der Waals surface area contributed by atoms with Crippen molar-refractivity contribution in [3.05, 3.63) is 108 Å². The second-order valence-corrected chi connectivity index (χ2v) is 11.7. The number of aromatic nitrogens is 2. The predicted molar refractivity (Wildman–Crippen MR) is 171 cm³/mol. The van der Waals surface area contributed by atoms with Gasteiger partial charge in [-0.25, -0.2) is 4.99 Å². The molecule has 9 heteroatoms. The van der Waals surface area contributed by atoms with E-state index >= 15 is 0 Å². The summed E-state index contributed by atoms with van der Waals surface area (Å²) in [6.07, 6.45) is 1.93. The van der Waals surface area contributed by atoms with Gasteiger partial charge in [-0.2, -0.15) is 0 Å². The zero-order valence-electron chi connectivity index (χ0n) is 26.0. The number of benzene rings is 2. The molecule has 1 aliphatic heterocycles.